The van der Waals surface area contributed by atoms with Gasteiger partial charge in [0.2, 0.25) is 0 Å². The fourth-order valence-corrected chi connectivity index (χ4v) is 2.01. The molecule has 0 aromatic heterocycles. The molecular weight excluding hydrogens is 164 g/mol. The fourth-order valence-electron chi connectivity index (χ4n) is 2.01. The molecule has 0 bridgehead atoms. The van der Waals surface area contributed by atoms with Crippen molar-refractivity contribution in [3.05, 3.63) is 0 Å². The highest BCUT2D eigenvalue weighted by Gasteiger charge is 2.22. The van der Waals surface area contributed by atoms with Crippen LogP contribution in [0.3, 0.4) is 0 Å². The number of nitriles is 1. The summed E-state index contributed by atoms with van der Waals surface area (Å²) in [6.45, 7) is 0.652. The lowest BCUT2D eigenvalue weighted by Gasteiger charge is -2.26. The van der Waals surface area contributed by atoms with Crippen LogP contribution in [0.4, 0.5) is 0 Å². The zero-order valence-electron chi connectivity index (χ0n) is 8.00. The molecule has 74 valence electrons. The second-order valence-corrected chi connectivity index (χ2v) is 3.68. The van der Waals surface area contributed by atoms with Gasteiger partial charge in [0.1, 0.15) is 0 Å². The fraction of sp³-hybridized carbons (Fsp3) is 0.900. The molecule has 0 aromatic carbocycles. The zero-order chi connectivity index (χ0) is 9.52. The first-order valence-electron chi connectivity index (χ1n) is 5.12. The standard InChI is InChI=1S/C10H18N2O/c11-8-10(12-6-7-13)9-4-2-1-3-5-9/h9-10,12-13H,1-7H2. The smallest absolute Gasteiger partial charge is 0.0982 e. The highest BCUT2D eigenvalue weighted by atomic mass is 16.3. The van der Waals surface area contributed by atoms with E-state index in [1.807, 2.05) is 0 Å². The lowest BCUT2D eigenvalue weighted by molar-refractivity contribution is 0.260. The van der Waals surface area contributed by atoms with Crippen molar-refractivity contribution in [2.45, 2.75) is 38.1 Å². The van der Waals surface area contributed by atoms with Crippen molar-refractivity contribution in [1.82, 2.24) is 5.32 Å². The van der Waals surface area contributed by atoms with Gasteiger partial charge in [0.15, 0.2) is 0 Å². The van der Waals surface area contributed by atoms with Crippen LogP contribution in [-0.4, -0.2) is 24.3 Å². The van der Waals surface area contributed by atoms with Gasteiger partial charge in [0, 0.05) is 6.54 Å². The molecule has 1 atom stereocenters. The maximum atomic E-state index is 8.91. The second kappa shape index (κ2) is 5.95. The molecule has 0 saturated heterocycles. The van der Waals surface area contributed by atoms with Gasteiger partial charge < -0.3 is 5.11 Å². The molecule has 0 amide bonds. The summed E-state index contributed by atoms with van der Waals surface area (Å²) < 4.78 is 0. The van der Waals surface area contributed by atoms with E-state index in [4.69, 9.17) is 10.4 Å². The van der Waals surface area contributed by atoms with Crippen molar-refractivity contribution in [2.24, 2.45) is 5.92 Å². The molecule has 1 fully saturated rings. The molecule has 1 unspecified atom stereocenters. The van der Waals surface area contributed by atoms with Gasteiger partial charge in [0.25, 0.3) is 0 Å². The number of rotatable bonds is 4. The molecule has 0 spiro atoms. The Labute approximate surface area is 79.8 Å². The molecule has 0 aromatic rings. The van der Waals surface area contributed by atoms with Crippen molar-refractivity contribution in [2.75, 3.05) is 13.2 Å². The van der Waals surface area contributed by atoms with Crippen molar-refractivity contribution in [1.29, 1.82) is 5.26 Å². The lowest BCUT2D eigenvalue weighted by atomic mass is 9.84. The van der Waals surface area contributed by atoms with Crippen LogP contribution in [0.5, 0.6) is 0 Å². The molecule has 0 radical (unpaired) electrons. The summed E-state index contributed by atoms with van der Waals surface area (Å²) in [5.41, 5.74) is 0. The average Bonchev–Trinajstić information content (AvgIpc) is 2.21. The first-order chi connectivity index (χ1) is 6.38. The van der Waals surface area contributed by atoms with Crippen LogP contribution < -0.4 is 5.32 Å². The monoisotopic (exact) mass is 182 g/mol. The van der Waals surface area contributed by atoms with Crippen LogP contribution in [0.25, 0.3) is 0 Å². The minimum atomic E-state index is -0.0487. The summed E-state index contributed by atoms with van der Waals surface area (Å²) in [6.07, 6.45) is 6.15. The molecule has 13 heavy (non-hydrogen) atoms. The van der Waals surface area contributed by atoms with Gasteiger partial charge in [-0.15, -0.1) is 0 Å². The quantitative estimate of drug-likeness (QED) is 0.683. The van der Waals surface area contributed by atoms with E-state index in [1.165, 1.54) is 19.3 Å². The number of hydrogen-bond donors (Lipinski definition) is 2. The van der Waals surface area contributed by atoms with Gasteiger partial charge in [-0.05, 0) is 18.8 Å². The summed E-state index contributed by atoms with van der Waals surface area (Å²) >= 11 is 0. The lowest BCUT2D eigenvalue weighted by Crippen LogP contribution is -2.37. The second-order valence-electron chi connectivity index (χ2n) is 3.68. The van der Waals surface area contributed by atoms with Crippen LogP contribution in [0.1, 0.15) is 32.1 Å². The predicted molar refractivity (Wildman–Crippen MR) is 51.1 cm³/mol. The Morgan fingerprint density at radius 3 is 2.62 bits per heavy atom. The van der Waals surface area contributed by atoms with E-state index in [2.05, 4.69) is 11.4 Å². The minimum Gasteiger partial charge on any atom is -0.395 e. The van der Waals surface area contributed by atoms with Crippen molar-refractivity contribution in [3.63, 3.8) is 0 Å². The third kappa shape index (κ3) is 3.33. The predicted octanol–water partition coefficient (Wildman–Crippen LogP) is 1.04. The van der Waals surface area contributed by atoms with E-state index in [9.17, 15) is 0 Å². The van der Waals surface area contributed by atoms with Gasteiger partial charge >= 0.3 is 0 Å². The molecule has 1 rings (SSSR count). The SMILES string of the molecule is N#CC(NCCO)C1CCCCC1. The zero-order valence-corrected chi connectivity index (χ0v) is 8.00. The first-order valence-corrected chi connectivity index (χ1v) is 5.12. The number of aliphatic hydroxyl groups excluding tert-OH is 1. The minimum absolute atomic E-state index is 0.0487. The Morgan fingerprint density at radius 2 is 2.08 bits per heavy atom. The van der Waals surface area contributed by atoms with E-state index in [-0.39, 0.29) is 12.6 Å². The molecule has 2 N–H and O–H groups in total. The maximum Gasteiger partial charge on any atom is 0.0982 e. The highest BCUT2D eigenvalue weighted by molar-refractivity contribution is 4.95. The average molecular weight is 182 g/mol. The summed E-state index contributed by atoms with van der Waals surface area (Å²) in [6, 6.07) is 2.24. The van der Waals surface area contributed by atoms with E-state index >= 15 is 0 Å². The van der Waals surface area contributed by atoms with E-state index in [1.54, 1.807) is 0 Å². The third-order valence-corrected chi connectivity index (χ3v) is 2.74. The Balaban J connectivity index is 2.31. The molecule has 1 aliphatic rings. The highest BCUT2D eigenvalue weighted by Crippen LogP contribution is 2.26. The molecule has 1 saturated carbocycles. The number of aliphatic hydroxyl groups is 1. The van der Waals surface area contributed by atoms with Crippen molar-refractivity contribution in [3.8, 4) is 6.07 Å². The summed E-state index contributed by atoms with van der Waals surface area (Å²) in [7, 11) is 0. The maximum absolute atomic E-state index is 8.91. The molecule has 0 heterocycles. The molecule has 3 heteroatoms. The van der Waals surface area contributed by atoms with Crippen molar-refractivity contribution >= 4 is 0 Å². The van der Waals surface area contributed by atoms with E-state index in [0.717, 1.165) is 12.8 Å². The Morgan fingerprint density at radius 1 is 1.38 bits per heavy atom. The molecule has 1 aliphatic carbocycles. The number of hydrogen-bond acceptors (Lipinski definition) is 3. The Hall–Kier alpha value is -0.590. The van der Waals surface area contributed by atoms with Gasteiger partial charge in [-0.1, -0.05) is 19.3 Å². The van der Waals surface area contributed by atoms with Gasteiger partial charge in [0.05, 0.1) is 18.7 Å². The Bertz CT molecular complexity index is 170. The molecule has 3 nitrogen and oxygen atoms in total. The molecule has 0 aliphatic heterocycles. The first kappa shape index (κ1) is 10.5. The van der Waals surface area contributed by atoms with Crippen LogP contribution in [0.2, 0.25) is 0 Å². The van der Waals surface area contributed by atoms with E-state index < -0.39 is 0 Å². The van der Waals surface area contributed by atoms with Crippen LogP contribution in [0, 0.1) is 17.2 Å². The number of nitrogens with zero attached hydrogens (tertiary/aromatic N) is 1. The molecular formula is C10H18N2O. The van der Waals surface area contributed by atoms with E-state index in [0.29, 0.717) is 12.5 Å². The van der Waals surface area contributed by atoms with Crippen LogP contribution >= 0.6 is 0 Å². The third-order valence-electron chi connectivity index (χ3n) is 2.74. The van der Waals surface area contributed by atoms with Gasteiger partial charge in [-0.25, -0.2) is 0 Å². The summed E-state index contributed by atoms with van der Waals surface area (Å²) in [4.78, 5) is 0. The van der Waals surface area contributed by atoms with Crippen molar-refractivity contribution < 1.29 is 5.11 Å². The topological polar surface area (TPSA) is 56.0 Å². The van der Waals surface area contributed by atoms with Crippen LogP contribution in [0.15, 0.2) is 0 Å². The Kier molecular flexibility index (Phi) is 4.81. The van der Waals surface area contributed by atoms with Gasteiger partial charge in [-0.2, -0.15) is 5.26 Å². The normalized spacial score (nSPS) is 20.9. The van der Waals surface area contributed by atoms with Crippen LogP contribution in [-0.2, 0) is 0 Å². The van der Waals surface area contributed by atoms with Gasteiger partial charge in [-0.3, -0.25) is 5.32 Å². The largest absolute Gasteiger partial charge is 0.395 e. The summed E-state index contributed by atoms with van der Waals surface area (Å²) in [5, 5.41) is 20.6. The number of nitrogens with one attached hydrogen (secondary N) is 1. The summed E-state index contributed by atoms with van der Waals surface area (Å²) in [5.74, 6) is 0.505.